The summed E-state index contributed by atoms with van der Waals surface area (Å²) in [6, 6.07) is 32.2. The topological polar surface area (TPSA) is 78.7 Å². The molecule has 1 saturated heterocycles. The monoisotopic (exact) mass is 612 g/mol. The summed E-state index contributed by atoms with van der Waals surface area (Å²) in [5.74, 6) is 0.103. The molecule has 2 atom stereocenters. The second kappa shape index (κ2) is 13.4. The van der Waals surface area contributed by atoms with Crippen LogP contribution in [0, 0.1) is 0 Å². The Balaban J connectivity index is 1.31. The van der Waals surface area contributed by atoms with Gasteiger partial charge >= 0.3 is 0 Å². The van der Waals surface area contributed by atoms with Crippen molar-refractivity contribution in [3.63, 3.8) is 0 Å². The van der Waals surface area contributed by atoms with E-state index in [1.165, 1.54) is 11.1 Å². The number of hydrogen-bond donors (Lipinski definition) is 2. The number of carbonyl (C=O) groups is 2. The summed E-state index contributed by atoms with van der Waals surface area (Å²) in [6.07, 6.45) is 1.29. The van der Waals surface area contributed by atoms with E-state index in [1.54, 1.807) is 4.90 Å². The number of nitrogens with zero attached hydrogens (tertiary/aromatic N) is 2. The minimum atomic E-state index is -0.387. The highest BCUT2D eigenvalue weighted by atomic mass is 79.9. The number of likely N-dealkylation sites (N-methyl/N-ethyl adjacent to an activating group) is 1. The van der Waals surface area contributed by atoms with Crippen molar-refractivity contribution >= 4 is 38.5 Å². The molecule has 0 aromatic heterocycles. The number of nitrogens with one attached hydrogen (secondary N) is 1. The highest BCUT2D eigenvalue weighted by Gasteiger charge is 2.33. The van der Waals surface area contributed by atoms with Crippen molar-refractivity contribution in [3.8, 4) is 0 Å². The third-order valence-corrected chi connectivity index (χ3v) is 8.44. The Bertz CT molecular complexity index is 1440. The quantitative estimate of drug-likeness (QED) is 0.265. The van der Waals surface area contributed by atoms with Crippen LogP contribution in [-0.4, -0.2) is 66.9 Å². The molecule has 1 heterocycles. The van der Waals surface area contributed by atoms with Gasteiger partial charge in [0, 0.05) is 48.7 Å². The van der Waals surface area contributed by atoms with Crippen molar-refractivity contribution in [3.05, 3.63) is 118 Å². The molecule has 0 radical (unpaired) electrons. The van der Waals surface area contributed by atoms with Crippen LogP contribution in [0.2, 0.25) is 0 Å². The van der Waals surface area contributed by atoms with Gasteiger partial charge in [-0.25, -0.2) is 0 Å². The third-order valence-electron chi connectivity index (χ3n) is 7.95. The summed E-state index contributed by atoms with van der Waals surface area (Å²) in [5.41, 5.74) is 8.97. The van der Waals surface area contributed by atoms with Gasteiger partial charge in [0.2, 0.25) is 5.91 Å². The summed E-state index contributed by atoms with van der Waals surface area (Å²) in [7, 11) is 1.83. The Labute approximate surface area is 250 Å². The molecule has 1 aliphatic heterocycles. The molecule has 0 spiro atoms. The van der Waals surface area contributed by atoms with Gasteiger partial charge < -0.3 is 20.9 Å². The number of halogens is 1. The van der Waals surface area contributed by atoms with Gasteiger partial charge in [-0.3, -0.25) is 9.59 Å². The average molecular weight is 614 g/mol. The van der Waals surface area contributed by atoms with Gasteiger partial charge in [-0.1, -0.05) is 88.7 Å². The highest BCUT2D eigenvalue weighted by molar-refractivity contribution is 9.10. The predicted octanol–water partition coefficient (Wildman–Crippen LogP) is 5.41. The van der Waals surface area contributed by atoms with E-state index in [2.05, 4.69) is 45.5 Å². The van der Waals surface area contributed by atoms with E-state index < -0.39 is 0 Å². The summed E-state index contributed by atoms with van der Waals surface area (Å²) in [5, 5.41) is 5.66. The number of rotatable bonds is 9. The lowest BCUT2D eigenvalue weighted by Gasteiger charge is -2.29. The zero-order chi connectivity index (χ0) is 28.8. The maximum absolute atomic E-state index is 13.8. The van der Waals surface area contributed by atoms with Crippen molar-refractivity contribution < 1.29 is 9.59 Å². The van der Waals surface area contributed by atoms with Crippen LogP contribution in [0.4, 0.5) is 0 Å². The van der Waals surface area contributed by atoms with E-state index in [0.29, 0.717) is 38.2 Å². The van der Waals surface area contributed by atoms with Gasteiger partial charge in [0.05, 0.1) is 6.04 Å². The molecule has 0 saturated carbocycles. The molecule has 3 N–H and O–H groups in total. The Kier molecular flexibility index (Phi) is 9.49. The Morgan fingerprint density at radius 2 is 1.61 bits per heavy atom. The van der Waals surface area contributed by atoms with E-state index in [0.717, 1.165) is 21.7 Å². The maximum atomic E-state index is 13.8. The first-order chi connectivity index (χ1) is 19.9. The normalized spacial score (nSPS) is 17.6. The van der Waals surface area contributed by atoms with Crippen LogP contribution in [0.15, 0.2) is 102 Å². The van der Waals surface area contributed by atoms with E-state index in [4.69, 9.17) is 5.73 Å². The standard InChI is InChI=1S/C34H37BrN4O2/c1-38(33(40)28-13-12-27-21-29(35)15-14-26(27)20-28)22-30-17-19-39(34(41)32(37-30)16-18-36)23-31(24-8-4-2-5-9-24)25-10-6-3-7-11-25/h2-15,20-21,30-32,37H,16-19,22-23,36H2,1H3/t30-,32-/m0/s1. The fourth-order valence-corrected chi connectivity index (χ4v) is 6.14. The molecule has 41 heavy (non-hydrogen) atoms. The molecule has 1 fully saturated rings. The summed E-state index contributed by atoms with van der Waals surface area (Å²) < 4.78 is 1.01. The van der Waals surface area contributed by atoms with Crippen LogP contribution in [0.1, 0.15) is 40.2 Å². The van der Waals surface area contributed by atoms with Gasteiger partial charge in [0.15, 0.2) is 0 Å². The Morgan fingerprint density at radius 1 is 0.976 bits per heavy atom. The lowest BCUT2D eigenvalue weighted by Crippen LogP contribution is -2.50. The number of benzene rings is 4. The van der Waals surface area contributed by atoms with Crippen molar-refractivity contribution in [2.45, 2.75) is 30.8 Å². The van der Waals surface area contributed by atoms with Crippen molar-refractivity contribution in [2.75, 3.05) is 33.2 Å². The first kappa shape index (κ1) is 29.0. The zero-order valence-corrected chi connectivity index (χ0v) is 25.0. The molecule has 6 nitrogen and oxygen atoms in total. The van der Waals surface area contributed by atoms with Gasteiger partial charge in [-0.15, -0.1) is 0 Å². The first-order valence-electron chi connectivity index (χ1n) is 14.2. The van der Waals surface area contributed by atoms with Crippen LogP contribution >= 0.6 is 15.9 Å². The van der Waals surface area contributed by atoms with E-state index in [9.17, 15) is 9.59 Å². The number of hydrogen-bond acceptors (Lipinski definition) is 4. The minimum absolute atomic E-state index is 0.0298. The van der Waals surface area contributed by atoms with E-state index in [-0.39, 0.29) is 29.8 Å². The average Bonchev–Trinajstić information content (AvgIpc) is 3.14. The van der Waals surface area contributed by atoms with Crippen LogP contribution in [0.3, 0.4) is 0 Å². The van der Waals surface area contributed by atoms with Crippen molar-refractivity contribution in [2.24, 2.45) is 5.73 Å². The number of nitrogens with two attached hydrogens (primary N) is 1. The Morgan fingerprint density at radius 3 is 2.27 bits per heavy atom. The lowest BCUT2D eigenvalue weighted by molar-refractivity contribution is -0.133. The van der Waals surface area contributed by atoms with Crippen LogP contribution in [-0.2, 0) is 4.79 Å². The Hall–Kier alpha value is -3.52. The summed E-state index contributed by atoms with van der Waals surface area (Å²) in [4.78, 5) is 30.9. The molecular formula is C34H37BrN4O2. The molecule has 4 aromatic carbocycles. The molecule has 7 heteroatoms. The minimum Gasteiger partial charge on any atom is -0.340 e. The van der Waals surface area contributed by atoms with Crippen LogP contribution in [0.25, 0.3) is 10.8 Å². The molecule has 0 unspecified atom stereocenters. The van der Waals surface area contributed by atoms with Crippen LogP contribution < -0.4 is 11.1 Å². The SMILES string of the molecule is CN(C[C@@H]1CCN(CC(c2ccccc2)c2ccccc2)C(=O)[C@H](CCN)N1)C(=O)c1ccc2cc(Br)ccc2c1. The van der Waals surface area contributed by atoms with Gasteiger partial charge in [-0.2, -0.15) is 0 Å². The van der Waals surface area contributed by atoms with E-state index in [1.807, 2.05) is 84.7 Å². The summed E-state index contributed by atoms with van der Waals surface area (Å²) >= 11 is 3.51. The second-order valence-electron chi connectivity index (χ2n) is 10.8. The second-order valence-corrected chi connectivity index (χ2v) is 11.7. The zero-order valence-electron chi connectivity index (χ0n) is 23.4. The molecule has 0 bridgehead atoms. The molecule has 212 valence electrons. The predicted molar refractivity (Wildman–Crippen MR) is 169 cm³/mol. The summed E-state index contributed by atoms with van der Waals surface area (Å²) in [6.45, 7) is 2.11. The molecular weight excluding hydrogens is 576 g/mol. The first-order valence-corrected chi connectivity index (χ1v) is 15.0. The van der Waals surface area contributed by atoms with Gasteiger partial charge in [-0.05, 0) is 65.6 Å². The smallest absolute Gasteiger partial charge is 0.253 e. The van der Waals surface area contributed by atoms with Gasteiger partial charge in [0.1, 0.15) is 0 Å². The largest absolute Gasteiger partial charge is 0.340 e. The molecule has 5 rings (SSSR count). The molecule has 1 aliphatic rings. The number of carbonyl (C=O) groups excluding carboxylic acids is 2. The molecule has 2 amide bonds. The van der Waals surface area contributed by atoms with Crippen molar-refractivity contribution in [1.29, 1.82) is 0 Å². The number of amides is 2. The maximum Gasteiger partial charge on any atom is 0.253 e. The van der Waals surface area contributed by atoms with Gasteiger partial charge in [0.25, 0.3) is 5.91 Å². The fourth-order valence-electron chi connectivity index (χ4n) is 5.76. The molecule has 4 aromatic rings. The van der Waals surface area contributed by atoms with Crippen LogP contribution in [0.5, 0.6) is 0 Å². The fraction of sp³-hybridized carbons (Fsp3) is 0.294. The van der Waals surface area contributed by atoms with Crippen molar-refractivity contribution in [1.82, 2.24) is 15.1 Å². The van der Waals surface area contributed by atoms with E-state index >= 15 is 0 Å². The highest BCUT2D eigenvalue weighted by Crippen LogP contribution is 2.27. The third kappa shape index (κ3) is 7.04. The lowest BCUT2D eigenvalue weighted by atomic mass is 9.90. The molecule has 0 aliphatic carbocycles. The number of fused-ring (bicyclic) bond motifs is 1.